The van der Waals surface area contributed by atoms with Gasteiger partial charge in [-0.3, -0.25) is 14.4 Å². The fourth-order valence-corrected chi connectivity index (χ4v) is 10.2. The van der Waals surface area contributed by atoms with Gasteiger partial charge in [0, 0.05) is 29.0 Å². The number of benzene rings is 5. The van der Waals surface area contributed by atoms with Gasteiger partial charge in [0.1, 0.15) is 11.3 Å². The van der Waals surface area contributed by atoms with Crippen LogP contribution in [0.15, 0.2) is 157 Å². The van der Waals surface area contributed by atoms with E-state index < -0.39 is 34.0 Å². The van der Waals surface area contributed by atoms with Gasteiger partial charge in [0.15, 0.2) is 11.5 Å². The molecule has 2 saturated heterocycles. The van der Waals surface area contributed by atoms with Gasteiger partial charge in [-0.1, -0.05) is 133 Å². The summed E-state index contributed by atoms with van der Waals surface area (Å²) in [5.74, 6) is -1.88. The van der Waals surface area contributed by atoms with Gasteiger partial charge in [0.05, 0.1) is 7.11 Å². The second-order valence-electron chi connectivity index (χ2n) is 14.7. The summed E-state index contributed by atoms with van der Waals surface area (Å²) in [6.07, 6.45) is 0.0511. The zero-order chi connectivity index (χ0) is 40.3. The number of thioether (sulfide) groups is 1. The highest BCUT2D eigenvalue weighted by molar-refractivity contribution is 8.00. The molecule has 3 unspecified atom stereocenters. The predicted molar refractivity (Wildman–Crippen MR) is 220 cm³/mol. The summed E-state index contributed by atoms with van der Waals surface area (Å²) >= 11 is 1.56. The molecule has 5 aromatic carbocycles. The van der Waals surface area contributed by atoms with E-state index >= 15 is 0 Å². The Labute approximate surface area is 340 Å². The van der Waals surface area contributed by atoms with Crippen molar-refractivity contribution in [1.29, 1.82) is 0 Å². The number of carbonyl (C=O) groups is 5. The zero-order valence-corrected chi connectivity index (χ0v) is 32.7. The molecule has 2 fully saturated rings. The SMILES string of the molecule is COC(=O)C(CCCC(=O)N[N+]12C(=O)C3CC(=C1C(=O)OC(c1ccccc1)c1ccccc1)CS[C@@H]32)(c1ccccc1)c1cccc(NC(=O)c2ccccc2)c1. The molecule has 0 radical (unpaired) electrons. The van der Waals surface area contributed by atoms with Crippen molar-refractivity contribution in [1.82, 2.24) is 5.43 Å². The number of amides is 3. The summed E-state index contributed by atoms with van der Waals surface area (Å²) in [6.45, 7) is 0. The number of carbonyl (C=O) groups excluding carboxylic acids is 5. The Morgan fingerprint density at radius 1 is 0.793 bits per heavy atom. The van der Waals surface area contributed by atoms with Crippen LogP contribution in [0, 0.1) is 5.92 Å². The first kappa shape index (κ1) is 38.6. The summed E-state index contributed by atoms with van der Waals surface area (Å²) in [4.78, 5) is 69.6. The number of fused-ring (bicyclic) bond motifs is 1. The molecule has 10 nitrogen and oxygen atoms in total. The summed E-state index contributed by atoms with van der Waals surface area (Å²) in [7, 11) is 1.33. The highest BCUT2D eigenvalue weighted by Crippen LogP contribution is 2.58. The number of ether oxygens (including phenoxy) is 2. The maximum absolute atomic E-state index is 14.4. The fraction of sp³-hybridized carbons (Fsp3) is 0.213. The van der Waals surface area contributed by atoms with Crippen molar-refractivity contribution in [2.24, 2.45) is 5.92 Å². The van der Waals surface area contributed by atoms with Gasteiger partial charge in [-0.05, 0) is 65.8 Å². The van der Waals surface area contributed by atoms with Crippen molar-refractivity contribution < 1.29 is 38.0 Å². The molecule has 4 atom stereocenters. The maximum Gasteiger partial charge on any atom is 0.396 e. The van der Waals surface area contributed by atoms with E-state index in [1.807, 2.05) is 103 Å². The summed E-state index contributed by atoms with van der Waals surface area (Å²) in [6, 6.07) is 44.0. The van der Waals surface area contributed by atoms with Crippen LogP contribution >= 0.6 is 11.8 Å². The van der Waals surface area contributed by atoms with Gasteiger partial charge in [-0.2, -0.15) is 5.43 Å². The van der Waals surface area contributed by atoms with E-state index in [-0.39, 0.29) is 48.1 Å². The lowest BCUT2D eigenvalue weighted by atomic mass is 9.71. The number of quaternary nitrogens is 1. The van der Waals surface area contributed by atoms with Crippen molar-refractivity contribution >= 4 is 47.1 Å². The van der Waals surface area contributed by atoms with Crippen LogP contribution in [0.25, 0.3) is 0 Å². The van der Waals surface area contributed by atoms with Gasteiger partial charge >= 0.3 is 17.8 Å². The standard InChI is InChI=1S/C47H41N3O7S/c1-56-46(55)47(35-22-12-5-13-23-35,36-24-14-25-37(29-36)48-42(52)33-20-10-4-11-21-33)27-15-26-39(51)49-50-40(34-28-38(43(50)53)44(50)58-30-34)45(54)57-41(31-16-6-2-7-17-31)32-18-8-3-9-19-32/h2-14,16-25,29,38,41,44H,15,26-28,30H2,1H3,(H-,48,49,51,52)/p+1/t38?,44-,47?,50?/m0/s1. The minimum absolute atomic E-state index is 0.0559. The van der Waals surface area contributed by atoms with Crippen LogP contribution in [0.2, 0.25) is 0 Å². The van der Waals surface area contributed by atoms with Crippen LogP contribution in [0.3, 0.4) is 0 Å². The van der Waals surface area contributed by atoms with E-state index in [9.17, 15) is 24.0 Å². The molecule has 3 amide bonds. The third-order valence-corrected chi connectivity index (χ3v) is 12.8. The molecule has 292 valence electrons. The van der Waals surface area contributed by atoms with Gasteiger partial charge in [0.2, 0.25) is 0 Å². The number of β-lactam (4-membered cyclic amide) rings is 1. The molecule has 0 saturated carbocycles. The number of hydrogen-bond acceptors (Lipinski definition) is 8. The molecule has 4 aliphatic rings. The average Bonchev–Trinajstić information content (AvgIpc) is 3.27. The lowest BCUT2D eigenvalue weighted by Crippen LogP contribution is -2.83. The molecular formula is C47H42N3O7S+. The number of esters is 2. The first-order valence-electron chi connectivity index (χ1n) is 19.3. The van der Waals surface area contributed by atoms with Crippen LogP contribution < -0.4 is 10.7 Å². The Hall–Kier alpha value is -6.30. The minimum Gasteiger partial charge on any atom is -0.468 e. The maximum atomic E-state index is 14.4. The van der Waals surface area contributed by atoms with Gasteiger partial charge in [-0.25, -0.2) is 9.59 Å². The summed E-state index contributed by atoms with van der Waals surface area (Å²) < 4.78 is 11.2. The lowest BCUT2D eigenvalue weighted by Gasteiger charge is -2.57. The van der Waals surface area contributed by atoms with E-state index in [2.05, 4.69) is 10.7 Å². The summed E-state index contributed by atoms with van der Waals surface area (Å²) in [5, 5.41) is 2.58. The highest BCUT2D eigenvalue weighted by Gasteiger charge is 2.75. The molecule has 0 aliphatic carbocycles. The Morgan fingerprint density at radius 2 is 1.40 bits per heavy atom. The molecule has 9 rings (SSSR count). The first-order valence-corrected chi connectivity index (χ1v) is 20.3. The second-order valence-corrected chi connectivity index (χ2v) is 15.8. The topological polar surface area (TPSA) is 128 Å². The largest absolute Gasteiger partial charge is 0.468 e. The van der Waals surface area contributed by atoms with E-state index in [1.54, 1.807) is 54.2 Å². The highest BCUT2D eigenvalue weighted by atomic mass is 32.2. The van der Waals surface area contributed by atoms with Crippen LogP contribution in [0.5, 0.6) is 0 Å². The number of anilines is 1. The Bertz CT molecular complexity index is 2350. The fourth-order valence-electron chi connectivity index (χ4n) is 8.60. The number of nitrogens with one attached hydrogen (secondary N) is 2. The third kappa shape index (κ3) is 6.90. The van der Waals surface area contributed by atoms with Crippen molar-refractivity contribution in [3.8, 4) is 0 Å². The summed E-state index contributed by atoms with van der Waals surface area (Å²) in [5.41, 5.74) is 6.38. The van der Waals surface area contributed by atoms with E-state index in [1.165, 1.54) is 7.11 Å². The van der Waals surface area contributed by atoms with Gasteiger partial charge < -0.3 is 14.8 Å². The smallest absolute Gasteiger partial charge is 0.396 e. The predicted octanol–water partition coefficient (Wildman–Crippen LogP) is 7.64. The molecule has 0 spiro atoms. The quantitative estimate of drug-likeness (QED) is 0.0668. The Kier molecular flexibility index (Phi) is 10.8. The zero-order valence-electron chi connectivity index (χ0n) is 31.8. The first-order chi connectivity index (χ1) is 28.3. The van der Waals surface area contributed by atoms with E-state index in [4.69, 9.17) is 9.47 Å². The molecule has 4 bridgehead atoms. The Balaban J connectivity index is 1.05. The monoisotopic (exact) mass is 792 g/mol. The number of hydrogen-bond donors (Lipinski definition) is 2. The van der Waals surface area contributed by atoms with E-state index in [0.717, 1.165) is 16.7 Å². The lowest BCUT2D eigenvalue weighted by molar-refractivity contribution is -0.898. The number of nitrogens with zero attached hydrogens (tertiary/aromatic N) is 1. The Morgan fingerprint density at radius 3 is 2.03 bits per heavy atom. The minimum atomic E-state index is -1.35. The molecule has 11 heteroatoms. The van der Waals surface area contributed by atoms with Crippen LogP contribution in [-0.2, 0) is 34.1 Å². The van der Waals surface area contributed by atoms with Crippen LogP contribution in [0.1, 0.15) is 64.4 Å². The number of methoxy groups -OCH3 is 1. The average molecular weight is 793 g/mol. The van der Waals surface area contributed by atoms with Crippen molar-refractivity contribution in [2.75, 3.05) is 18.2 Å². The molecule has 4 aliphatic heterocycles. The van der Waals surface area contributed by atoms with Crippen molar-refractivity contribution in [3.05, 3.63) is 185 Å². The normalized spacial score (nSPS) is 20.1. The third-order valence-electron chi connectivity index (χ3n) is 11.3. The van der Waals surface area contributed by atoms with Crippen molar-refractivity contribution in [2.45, 2.75) is 42.6 Å². The molecule has 0 aromatic heterocycles. The second kappa shape index (κ2) is 16.3. The molecule has 4 heterocycles. The number of rotatable bonds is 14. The van der Waals surface area contributed by atoms with Crippen LogP contribution in [-0.4, -0.2) is 52.5 Å². The van der Waals surface area contributed by atoms with Gasteiger partial charge in [-0.15, -0.1) is 4.59 Å². The molecule has 58 heavy (non-hydrogen) atoms. The van der Waals surface area contributed by atoms with Crippen LogP contribution in [0.4, 0.5) is 5.69 Å². The molecule has 5 aromatic rings. The van der Waals surface area contributed by atoms with E-state index in [0.29, 0.717) is 34.6 Å². The molecular weight excluding hydrogens is 751 g/mol. The van der Waals surface area contributed by atoms with Gasteiger partial charge in [0.25, 0.3) is 17.5 Å². The molecule has 2 N–H and O–H groups in total. The van der Waals surface area contributed by atoms with Crippen molar-refractivity contribution in [3.63, 3.8) is 0 Å².